The van der Waals surface area contributed by atoms with Crippen molar-refractivity contribution >= 4 is 34.6 Å². The molecule has 0 saturated carbocycles. The minimum absolute atomic E-state index is 0.0403. The van der Waals surface area contributed by atoms with Crippen LogP contribution in [0.15, 0.2) is 48.8 Å². The van der Waals surface area contributed by atoms with Gasteiger partial charge in [0, 0.05) is 31.0 Å². The molecule has 1 aromatic carbocycles. The number of nitrogens with one attached hydrogen (secondary N) is 2. The summed E-state index contributed by atoms with van der Waals surface area (Å²) in [5, 5.41) is 23.8. The average molecular weight is 423 g/mol. The molecular formula is C20H15ClN6O3. The number of benzene rings is 1. The SMILES string of the molecule is N#Cc1ccc(-c2nc(NCCNc3ccc(C(=O)Cl)cn3)ncc2C(=O)O)cc1. The van der Waals surface area contributed by atoms with Gasteiger partial charge >= 0.3 is 5.97 Å². The topological polar surface area (TPSA) is 141 Å². The predicted octanol–water partition coefficient (Wildman–Crippen LogP) is 3.01. The second-order valence-corrected chi connectivity index (χ2v) is 6.35. The number of pyridine rings is 1. The van der Waals surface area contributed by atoms with E-state index >= 15 is 0 Å². The molecule has 0 aliphatic rings. The Morgan fingerprint density at radius 3 is 2.37 bits per heavy atom. The number of aromatic nitrogens is 3. The van der Waals surface area contributed by atoms with Gasteiger partial charge in [0.15, 0.2) is 0 Å². The van der Waals surface area contributed by atoms with Crippen molar-refractivity contribution < 1.29 is 14.7 Å². The molecule has 3 N–H and O–H groups in total. The van der Waals surface area contributed by atoms with Crippen LogP contribution in [0.5, 0.6) is 0 Å². The maximum absolute atomic E-state index is 11.5. The van der Waals surface area contributed by atoms with Crippen LogP contribution in [0, 0.1) is 11.3 Å². The van der Waals surface area contributed by atoms with Crippen molar-refractivity contribution in [3.63, 3.8) is 0 Å². The Labute approximate surface area is 176 Å². The summed E-state index contributed by atoms with van der Waals surface area (Å²) < 4.78 is 0. The zero-order valence-corrected chi connectivity index (χ0v) is 16.2. The van der Waals surface area contributed by atoms with Crippen LogP contribution in [0.2, 0.25) is 0 Å². The summed E-state index contributed by atoms with van der Waals surface area (Å²) in [4.78, 5) is 35.0. The fourth-order valence-electron chi connectivity index (χ4n) is 2.53. The number of aromatic carboxylic acids is 1. The molecule has 0 fully saturated rings. The third kappa shape index (κ3) is 5.06. The summed E-state index contributed by atoms with van der Waals surface area (Å²) in [5.74, 6) is -0.316. The molecule has 0 saturated heterocycles. The average Bonchev–Trinajstić information content (AvgIpc) is 2.77. The number of carboxylic acid groups (broad SMARTS) is 1. The molecular weight excluding hydrogens is 408 g/mol. The number of rotatable bonds is 8. The van der Waals surface area contributed by atoms with Crippen LogP contribution in [-0.2, 0) is 0 Å². The van der Waals surface area contributed by atoms with Gasteiger partial charge in [0.05, 0.1) is 22.9 Å². The van der Waals surface area contributed by atoms with E-state index in [2.05, 4.69) is 25.6 Å². The minimum Gasteiger partial charge on any atom is -0.478 e. The summed E-state index contributed by atoms with van der Waals surface area (Å²) in [7, 11) is 0. The molecule has 3 aromatic rings. The first-order valence-corrected chi connectivity index (χ1v) is 9.10. The van der Waals surface area contributed by atoms with Gasteiger partial charge in [0.25, 0.3) is 5.24 Å². The summed E-state index contributed by atoms with van der Waals surface area (Å²) in [6.07, 6.45) is 2.62. The number of nitriles is 1. The second-order valence-electron chi connectivity index (χ2n) is 6.01. The number of nitrogens with zero attached hydrogens (tertiary/aromatic N) is 4. The number of halogens is 1. The number of hydrogen-bond donors (Lipinski definition) is 3. The summed E-state index contributed by atoms with van der Waals surface area (Å²) in [6.45, 7) is 0.897. The van der Waals surface area contributed by atoms with Gasteiger partial charge in [-0.05, 0) is 35.9 Å². The van der Waals surface area contributed by atoms with Gasteiger partial charge < -0.3 is 15.7 Å². The van der Waals surface area contributed by atoms with Crippen molar-refractivity contribution in [1.82, 2.24) is 15.0 Å². The van der Waals surface area contributed by atoms with E-state index in [1.54, 1.807) is 36.4 Å². The first-order chi connectivity index (χ1) is 14.5. The molecule has 150 valence electrons. The third-order valence-corrected chi connectivity index (χ3v) is 4.23. The van der Waals surface area contributed by atoms with E-state index in [4.69, 9.17) is 16.9 Å². The predicted molar refractivity (Wildman–Crippen MR) is 111 cm³/mol. The Bertz CT molecular complexity index is 1110. The smallest absolute Gasteiger partial charge is 0.339 e. The molecule has 0 bridgehead atoms. The first-order valence-electron chi connectivity index (χ1n) is 8.72. The minimum atomic E-state index is -1.15. The molecule has 2 heterocycles. The second kappa shape index (κ2) is 9.45. The molecule has 10 heteroatoms. The highest BCUT2D eigenvalue weighted by atomic mass is 35.5. The molecule has 0 radical (unpaired) electrons. The zero-order valence-electron chi connectivity index (χ0n) is 15.5. The Balaban J connectivity index is 1.66. The maximum atomic E-state index is 11.5. The van der Waals surface area contributed by atoms with Crippen LogP contribution >= 0.6 is 11.6 Å². The van der Waals surface area contributed by atoms with Crippen LogP contribution in [0.4, 0.5) is 11.8 Å². The summed E-state index contributed by atoms with van der Waals surface area (Å²) >= 11 is 5.38. The molecule has 0 aliphatic heterocycles. The lowest BCUT2D eigenvalue weighted by Crippen LogP contribution is -2.16. The van der Waals surface area contributed by atoms with E-state index in [0.717, 1.165) is 0 Å². The lowest BCUT2D eigenvalue weighted by atomic mass is 10.1. The molecule has 3 rings (SSSR count). The van der Waals surface area contributed by atoms with Crippen LogP contribution in [0.3, 0.4) is 0 Å². The maximum Gasteiger partial charge on any atom is 0.339 e. The van der Waals surface area contributed by atoms with Gasteiger partial charge in [-0.2, -0.15) is 5.26 Å². The van der Waals surface area contributed by atoms with E-state index in [9.17, 15) is 14.7 Å². The fourth-order valence-corrected chi connectivity index (χ4v) is 2.64. The van der Waals surface area contributed by atoms with Crippen LogP contribution in [0.1, 0.15) is 26.3 Å². The van der Waals surface area contributed by atoms with E-state index in [1.165, 1.54) is 12.4 Å². The van der Waals surface area contributed by atoms with Gasteiger partial charge in [0.2, 0.25) is 5.95 Å². The van der Waals surface area contributed by atoms with Crippen molar-refractivity contribution in [1.29, 1.82) is 5.26 Å². The Morgan fingerprint density at radius 2 is 1.77 bits per heavy atom. The molecule has 30 heavy (non-hydrogen) atoms. The van der Waals surface area contributed by atoms with E-state index in [1.807, 2.05) is 6.07 Å². The molecule has 0 spiro atoms. The normalized spacial score (nSPS) is 10.1. The van der Waals surface area contributed by atoms with Crippen LogP contribution in [0.25, 0.3) is 11.3 Å². The van der Waals surface area contributed by atoms with Crippen molar-refractivity contribution in [3.8, 4) is 17.3 Å². The first kappa shape index (κ1) is 20.7. The van der Waals surface area contributed by atoms with Crippen LogP contribution in [-0.4, -0.2) is 44.4 Å². The lowest BCUT2D eigenvalue weighted by molar-refractivity contribution is 0.0696. The standard InChI is InChI=1S/C20H15ClN6O3/c21-18(28)14-5-6-16(25-10-14)23-7-8-24-20-26-11-15(19(29)30)17(27-20)13-3-1-12(9-22)2-4-13/h1-6,10-11H,7-8H2,(H,23,25)(H,29,30)(H,24,26,27). The van der Waals surface area contributed by atoms with Crippen molar-refractivity contribution in [2.75, 3.05) is 23.7 Å². The Morgan fingerprint density at radius 1 is 1.03 bits per heavy atom. The highest BCUT2D eigenvalue weighted by Crippen LogP contribution is 2.23. The highest BCUT2D eigenvalue weighted by Gasteiger charge is 2.15. The van der Waals surface area contributed by atoms with Crippen molar-refractivity contribution in [3.05, 3.63) is 65.5 Å². The molecule has 0 aliphatic carbocycles. The Kier molecular flexibility index (Phi) is 6.52. The Hall–Kier alpha value is -4.03. The van der Waals surface area contributed by atoms with Gasteiger partial charge in [-0.15, -0.1) is 0 Å². The van der Waals surface area contributed by atoms with Gasteiger partial charge in [-0.1, -0.05) is 12.1 Å². The lowest BCUT2D eigenvalue weighted by Gasteiger charge is -2.10. The number of carboxylic acids is 1. The molecule has 0 unspecified atom stereocenters. The number of hydrogen-bond acceptors (Lipinski definition) is 8. The quantitative estimate of drug-likeness (QED) is 0.369. The molecule has 0 atom stereocenters. The molecule has 0 amide bonds. The van der Waals surface area contributed by atoms with Gasteiger partial charge in [-0.3, -0.25) is 4.79 Å². The van der Waals surface area contributed by atoms with E-state index in [-0.39, 0.29) is 17.2 Å². The highest BCUT2D eigenvalue weighted by molar-refractivity contribution is 6.67. The zero-order chi connectivity index (χ0) is 21.5. The molecule has 9 nitrogen and oxygen atoms in total. The summed E-state index contributed by atoms with van der Waals surface area (Å²) in [6, 6.07) is 11.7. The monoisotopic (exact) mass is 422 g/mol. The van der Waals surface area contributed by atoms with Crippen molar-refractivity contribution in [2.45, 2.75) is 0 Å². The number of carbonyl (C=O) groups excluding carboxylic acids is 1. The van der Waals surface area contributed by atoms with Crippen molar-refractivity contribution in [2.24, 2.45) is 0 Å². The van der Waals surface area contributed by atoms with Gasteiger partial charge in [-0.25, -0.2) is 19.7 Å². The fraction of sp³-hybridized carbons (Fsp3) is 0.100. The van der Waals surface area contributed by atoms with E-state index in [0.29, 0.717) is 35.6 Å². The number of anilines is 2. The van der Waals surface area contributed by atoms with Gasteiger partial charge in [0.1, 0.15) is 11.4 Å². The third-order valence-electron chi connectivity index (χ3n) is 4.01. The largest absolute Gasteiger partial charge is 0.478 e. The van der Waals surface area contributed by atoms with Crippen LogP contribution < -0.4 is 10.6 Å². The van der Waals surface area contributed by atoms with E-state index < -0.39 is 11.2 Å². The number of carbonyl (C=O) groups is 2. The summed E-state index contributed by atoms with van der Waals surface area (Å²) in [5.41, 5.74) is 1.55. The molecule has 2 aromatic heterocycles.